The quantitative estimate of drug-likeness (QED) is 0.613. The number of ether oxygens (including phenoxy) is 2. The lowest BCUT2D eigenvalue weighted by atomic mass is 10.0. The van der Waals surface area contributed by atoms with Gasteiger partial charge in [-0.3, -0.25) is 4.79 Å². The predicted octanol–water partition coefficient (Wildman–Crippen LogP) is 1.74. The van der Waals surface area contributed by atoms with Gasteiger partial charge in [-0.2, -0.15) is 0 Å². The van der Waals surface area contributed by atoms with Crippen LogP contribution in [0.5, 0.6) is 11.5 Å². The van der Waals surface area contributed by atoms with E-state index >= 15 is 0 Å². The van der Waals surface area contributed by atoms with Crippen molar-refractivity contribution in [3.8, 4) is 11.5 Å². The Hall–Kier alpha value is -3.29. The molecule has 3 aromatic rings. The van der Waals surface area contributed by atoms with Gasteiger partial charge < -0.3 is 24.2 Å². The van der Waals surface area contributed by atoms with Crippen LogP contribution in [0, 0.1) is 6.92 Å². The van der Waals surface area contributed by atoms with Crippen molar-refractivity contribution in [1.29, 1.82) is 0 Å². The average molecular weight is 371 g/mol. The van der Waals surface area contributed by atoms with Gasteiger partial charge in [0, 0.05) is 30.2 Å². The van der Waals surface area contributed by atoms with Gasteiger partial charge in [0.05, 0.1) is 32.5 Å². The lowest BCUT2D eigenvalue weighted by molar-refractivity contribution is -0.120. The molecule has 1 aromatic carbocycles. The number of methoxy groups -OCH3 is 2. The number of imidazole rings is 1. The van der Waals surface area contributed by atoms with Gasteiger partial charge in [0.2, 0.25) is 11.7 Å². The van der Waals surface area contributed by atoms with E-state index in [2.05, 4.69) is 15.3 Å². The highest BCUT2D eigenvalue weighted by Crippen LogP contribution is 2.36. The number of H-pyrrole nitrogens is 1. The number of nitrogens with one attached hydrogen (secondary N) is 2. The molecule has 0 unspecified atom stereocenters. The molecule has 27 heavy (non-hydrogen) atoms. The summed E-state index contributed by atoms with van der Waals surface area (Å²) < 4.78 is 16.0. The minimum absolute atomic E-state index is 0.0541. The smallest absolute Gasteiger partial charge is 0.340 e. The molecular weight excluding hydrogens is 350 g/mol. The SMILES string of the molecule is COc1ccc2c(C)c(CC(=O)NCCc3cnc[nH]3)c(=O)oc2c1OC. The zero-order valence-electron chi connectivity index (χ0n) is 15.4. The Balaban J connectivity index is 1.82. The Morgan fingerprint density at radius 1 is 1.30 bits per heavy atom. The number of aromatic nitrogens is 2. The number of hydrogen-bond donors (Lipinski definition) is 2. The summed E-state index contributed by atoms with van der Waals surface area (Å²) in [5, 5.41) is 3.50. The first-order chi connectivity index (χ1) is 13.0. The lowest BCUT2D eigenvalue weighted by Crippen LogP contribution is -2.29. The summed E-state index contributed by atoms with van der Waals surface area (Å²) >= 11 is 0. The first-order valence-corrected chi connectivity index (χ1v) is 8.46. The monoisotopic (exact) mass is 371 g/mol. The number of hydrogen-bond acceptors (Lipinski definition) is 6. The molecule has 0 spiro atoms. The van der Waals surface area contributed by atoms with Crippen molar-refractivity contribution in [3.63, 3.8) is 0 Å². The number of fused-ring (bicyclic) bond motifs is 1. The number of benzene rings is 1. The second-order valence-electron chi connectivity index (χ2n) is 6.02. The maximum Gasteiger partial charge on any atom is 0.340 e. The fraction of sp³-hybridized carbons (Fsp3) is 0.316. The van der Waals surface area contributed by atoms with Crippen LogP contribution < -0.4 is 20.4 Å². The molecule has 1 amide bonds. The van der Waals surface area contributed by atoms with Gasteiger partial charge >= 0.3 is 5.63 Å². The van der Waals surface area contributed by atoms with Gasteiger partial charge in [0.1, 0.15) is 0 Å². The van der Waals surface area contributed by atoms with Gasteiger partial charge in [-0.05, 0) is 24.6 Å². The molecule has 142 valence electrons. The van der Waals surface area contributed by atoms with E-state index in [9.17, 15) is 9.59 Å². The van der Waals surface area contributed by atoms with E-state index in [0.717, 1.165) is 5.69 Å². The van der Waals surface area contributed by atoms with Crippen molar-refractivity contribution in [1.82, 2.24) is 15.3 Å². The maximum atomic E-state index is 12.5. The van der Waals surface area contributed by atoms with Crippen LogP contribution in [0.2, 0.25) is 0 Å². The van der Waals surface area contributed by atoms with E-state index in [4.69, 9.17) is 13.9 Å². The number of amides is 1. The fourth-order valence-corrected chi connectivity index (χ4v) is 2.95. The largest absolute Gasteiger partial charge is 0.493 e. The topological polar surface area (TPSA) is 106 Å². The van der Waals surface area contributed by atoms with Gasteiger partial charge in [0.25, 0.3) is 0 Å². The van der Waals surface area contributed by atoms with Crippen LogP contribution in [0.15, 0.2) is 33.9 Å². The van der Waals surface area contributed by atoms with E-state index in [1.165, 1.54) is 14.2 Å². The van der Waals surface area contributed by atoms with Crippen molar-refractivity contribution in [2.75, 3.05) is 20.8 Å². The summed E-state index contributed by atoms with van der Waals surface area (Å²) in [5.41, 5.74) is 1.69. The Morgan fingerprint density at radius 3 is 2.78 bits per heavy atom. The molecular formula is C19H21N3O5. The number of nitrogens with zero attached hydrogens (tertiary/aromatic N) is 1. The van der Waals surface area contributed by atoms with Crippen molar-refractivity contribution in [3.05, 3.63) is 51.9 Å². The van der Waals surface area contributed by atoms with E-state index in [1.54, 1.807) is 31.6 Å². The molecule has 0 aliphatic heterocycles. The Morgan fingerprint density at radius 2 is 2.11 bits per heavy atom. The third-order valence-corrected chi connectivity index (χ3v) is 4.41. The second-order valence-corrected chi connectivity index (χ2v) is 6.02. The van der Waals surface area contributed by atoms with Crippen molar-refractivity contribution >= 4 is 16.9 Å². The average Bonchev–Trinajstić information content (AvgIpc) is 3.17. The molecule has 0 fully saturated rings. The molecule has 0 saturated heterocycles. The zero-order valence-corrected chi connectivity index (χ0v) is 15.4. The second kappa shape index (κ2) is 7.94. The molecule has 0 saturated carbocycles. The number of aryl methyl sites for hydroxylation is 1. The van der Waals surface area contributed by atoms with Crippen LogP contribution in [0.3, 0.4) is 0 Å². The molecule has 2 N–H and O–H groups in total. The summed E-state index contributed by atoms with van der Waals surface area (Å²) in [6.07, 6.45) is 3.87. The third-order valence-electron chi connectivity index (χ3n) is 4.41. The molecule has 3 rings (SSSR count). The molecule has 0 bridgehead atoms. The van der Waals surface area contributed by atoms with Crippen LogP contribution in [-0.2, 0) is 17.6 Å². The van der Waals surface area contributed by atoms with Crippen molar-refractivity contribution < 1.29 is 18.7 Å². The van der Waals surface area contributed by atoms with Gasteiger partial charge in [-0.15, -0.1) is 0 Å². The predicted molar refractivity (Wildman–Crippen MR) is 99.3 cm³/mol. The van der Waals surface area contributed by atoms with E-state index < -0.39 is 5.63 Å². The summed E-state index contributed by atoms with van der Waals surface area (Å²) in [6.45, 7) is 2.24. The van der Waals surface area contributed by atoms with Crippen LogP contribution in [0.4, 0.5) is 0 Å². The number of aromatic amines is 1. The zero-order chi connectivity index (χ0) is 19.4. The normalized spacial score (nSPS) is 10.8. The first-order valence-electron chi connectivity index (χ1n) is 8.46. The van der Waals surface area contributed by atoms with Crippen molar-refractivity contribution in [2.45, 2.75) is 19.8 Å². The highest BCUT2D eigenvalue weighted by molar-refractivity contribution is 5.89. The van der Waals surface area contributed by atoms with Crippen molar-refractivity contribution in [2.24, 2.45) is 0 Å². The van der Waals surface area contributed by atoms with Gasteiger partial charge in [-0.25, -0.2) is 9.78 Å². The van der Waals surface area contributed by atoms with Crippen LogP contribution >= 0.6 is 0 Å². The molecule has 2 heterocycles. The molecule has 0 radical (unpaired) electrons. The third kappa shape index (κ3) is 3.79. The van der Waals surface area contributed by atoms with Crippen LogP contribution in [0.25, 0.3) is 11.0 Å². The van der Waals surface area contributed by atoms with E-state index in [0.29, 0.717) is 46.6 Å². The Bertz CT molecular complexity index is 1010. The molecule has 0 aliphatic rings. The lowest BCUT2D eigenvalue weighted by Gasteiger charge is -2.12. The highest BCUT2D eigenvalue weighted by atomic mass is 16.5. The number of rotatable bonds is 7. The van der Waals surface area contributed by atoms with E-state index in [1.807, 2.05) is 0 Å². The molecule has 2 aromatic heterocycles. The number of carbonyl (C=O) groups is 1. The van der Waals surface area contributed by atoms with Gasteiger partial charge in [0.15, 0.2) is 11.3 Å². The minimum atomic E-state index is -0.560. The van der Waals surface area contributed by atoms with Crippen LogP contribution in [-0.4, -0.2) is 36.6 Å². The Kier molecular flexibility index (Phi) is 5.44. The standard InChI is InChI=1S/C19H21N3O5/c1-11-13-4-5-15(25-2)18(26-3)17(13)27-19(24)14(11)8-16(23)21-7-6-12-9-20-10-22-12/h4-5,9-10H,6-8H2,1-3H3,(H,20,22)(H,21,23). The number of carbonyl (C=O) groups excluding carboxylic acids is 1. The molecule has 0 atom stereocenters. The minimum Gasteiger partial charge on any atom is -0.493 e. The molecule has 8 nitrogen and oxygen atoms in total. The summed E-state index contributed by atoms with van der Waals surface area (Å²) in [5.74, 6) is 0.576. The summed E-state index contributed by atoms with van der Waals surface area (Å²) in [6, 6.07) is 3.52. The van der Waals surface area contributed by atoms with E-state index in [-0.39, 0.29) is 12.3 Å². The molecule has 0 aliphatic carbocycles. The van der Waals surface area contributed by atoms with Crippen LogP contribution in [0.1, 0.15) is 16.8 Å². The summed E-state index contributed by atoms with van der Waals surface area (Å²) in [4.78, 5) is 31.6. The highest BCUT2D eigenvalue weighted by Gasteiger charge is 2.19. The summed E-state index contributed by atoms with van der Waals surface area (Å²) in [7, 11) is 2.99. The van der Waals surface area contributed by atoms with Gasteiger partial charge in [-0.1, -0.05) is 0 Å². The maximum absolute atomic E-state index is 12.5. The fourth-order valence-electron chi connectivity index (χ4n) is 2.95. The molecule has 8 heteroatoms. The first kappa shape index (κ1) is 18.5. The Labute approximate surface area is 155 Å².